The van der Waals surface area contributed by atoms with Crippen molar-refractivity contribution >= 4 is 44.5 Å². The molecule has 2 aromatic heterocycles. The van der Waals surface area contributed by atoms with Crippen molar-refractivity contribution in [3.05, 3.63) is 40.9 Å². The number of imidazole rings is 1. The van der Waals surface area contributed by atoms with E-state index >= 15 is 0 Å². The van der Waals surface area contributed by atoms with Gasteiger partial charge in [-0.05, 0) is 18.2 Å². The molecule has 1 aliphatic rings. The zero-order valence-electron chi connectivity index (χ0n) is 13.8. The van der Waals surface area contributed by atoms with Gasteiger partial charge in [0.2, 0.25) is 11.8 Å². The zero-order chi connectivity index (χ0) is 18.1. The van der Waals surface area contributed by atoms with Crippen LogP contribution < -0.4 is 10.2 Å². The van der Waals surface area contributed by atoms with Gasteiger partial charge in [-0.15, -0.1) is 0 Å². The van der Waals surface area contributed by atoms with Gasteiger partial charge in [0.15, 0.2) is 5.82 Å². The quantitative estimate of drug-likeness (QED) is 0.588. The number of carbonyl (C=O) groups is 2. The van der Waals surface area contributed by atoms with E-state index in [1.165, 1.54) is 0 Å². The largest absolute Gasteiger partial charge is 0.355 e. The van der Waals surface area contributed by atoms with E-state index in [1.54, 1.807) is 17.4 Å². The number of fused-ring (bicyclic) bond motifs is 1. The highest BCUT2D eigenvalue weighted by atomic mass is 79.9. The van der Waals surface area contributed by atoms with Gasteiger partial charge in [-0.1, -0.05) is 15.9 Å². The lowest BCUT2D eigenvalue weighted by Crippen LogP contribution is -2.34. The van der Waals surface area contributed by atoms with Crippen LogP contribution in [0.25, 0.3) is 10.9 Å². The Morgan fingerprint density at radius 1 is 1.42 bits per heavy atom. The third kappa shape index (κ3) is 3.22. The van der Waals surface area contributed by atoms with Crippen LogP contribution in [-0.4, -0.2) is 45.1 Å². The van der Waals surface area contributed by atoms with E-state index < -0.39 is 0 Å². The van der Waals surface area contributed by atoms with Gasteiger partial charge in [-0.25, -0.2) is 4.98 Å². The number of hydrogen-bond donors (Lipinski definition) is 3. The number of H-pyrrole nitrogens is 2. The first-order valence-corrected chi connectivity index (χ1v) is 9.10. The van der Waals surface area contributed by atoms with Crippen LogP contribution >= 0.6 is 15.9 Å². The van der Waals surface area contributed by atoms with E-state index in [-0.39, 0.29) is 24.2 Å². The minimum atomic E-state index is -0.369. The second-order valence-corrected chi connectivity index (χ2v) is 7.18. The Hall–Kier alpha value is -2.68. The molecule has 26 heavy (non-hydrogen) atoms. The lowest BCUT2D eigenvalue weighted by molar-refractivity contribution is -0.126. The highest BCUT2D eigenvalue weighted by Gasteiger charge is 2.36. The Morgan fingerprint density at radius 3 is 3.12 bits per heavy atom. The zero-order valence-corrected chi connectivity index (χ0v) is 15.4. The van der Waals surface area contributed by atoms with Crippen LogP contribution in [0.5, 0.6) is 0 Å². The van der Waals surface area contributed by atoms with Crippen LogP contribution in [0.3, 0.4) is 0 Å². The van der Waals surface area contributed by atoms with Crippen molar-refractivity contribution in [2.24, 2.45) is 5.92 Å². The second kappa shape index (κ2) is 6.91. The molecule has 8 nitrogen and oxygen atoms in total. The maximum Gasteiger partial charge on any atom is 0.229 e. The maximum atomic E-state index is 12.4. The molecule has 1 aromatic carbocycles. The normalized spacial score (nSPS) is 17.2. The van der Waals surface area contributed by atoms with Crippen LogP contribution in [-0.2, 0) is 16.0 Å². The summed E-state index contributed by atoms with van der Waals surface area (Å²) in [6.07, 6.45) is 4.21. The summed E-state index contributed by atoms with van der Waals surface area (Å²) >= 11 is 3.42. The molecular formula is C17H17BrN6O2. The number of hydrogen-bond acceptors (Lipinski definition) is 4. The van der Waals surface area contributed by atoms with Crippen LogP contribution in [0.4, 0.5) is 5.82 Å². The van der Waals surface area contributed by atoms with E-state index in [9.17, 15) is 9.59 Å². The molecule has 3 N–H and O–H groups in total. The van der Waals surface area contributed by atoms with E-state index in [0.29, 0.717) is 25.3 Å². The topological polar surface area (TPSA) is 107 Å². The molecule has 1 atom stereocenters. The van der Waals surface area contributed by atoms with Gasteiger partial charge in [0, 0.05) is 47.7 Å². The molecule has 9 heteroatoms. The van der Waals surface area contributed by atoms with Crippen LogP contribution in [0.15, 0.2) is 35.2 Å². The van der Waals surface area contributed by atoms with Gasteiger partial charge in [-0.2, -0.15) is 5.10 Å². The smallest absolute Gasteiger partial charge is 0.229 e. The predicted octanol–water partition coefficient (Wildman–Crippen LogP) is 1.76. The molecule has 0 aliphatic carbocycles. The SMILES string of the molecule is O=C(NCCc1cnc[nH]1)[C@H]1CC(=O)N(c2n[nH]c3cc(Br)ccc23)C1. The standard InChI is InChI=1S/C17H17BrN6O2/c18-11-1-2-13-14(6-11)22-23-16(13)24-8-10(5-15(24)25)17(26)20-4-3-12-7-19-9-21-12/h1-2,6-7,9-10H,3-5,8H2,(H,19,21)(H,20,26)(H,22,23)/t10-/m0/s1. The Balaban J connectivity index is 1.42. The molecule has 0 saturated carbocycles. The second-order valence-electron chi connectivity index (χ2n) is 6.26. The molecule has 0 radical (unpaired) electrons. The molecule has 0 unspecified atom stereocenters. The lowest BCUT2D eigenvalue weighted by Gasteiger charge is -2.14. The monoisotopic (exact) mass is 416 g/mol. The fourth-order valence-electron chi connectivity index (χ4n) is 3.16. The fraction of sp³-hybridized carbons (Fsp3) is 0.294. The van der Waals surface area contributed by atoms with Crippen LogP contribution in [0, 0.1) is 5.92 Å². The third-order valence-corrected chi connectivity index (χ3v) is 5.00. The fourth-order valence-corrected chi connectivity index (χ4v) is 3.52. The number of nitrogens with zero attached hydrogens (tertiary/aromatic N) is 3. The Labute approximate surface area is 157 Å². The summed E-state index contributed by atoms with van der Waals surface area (Å²) in [4.78, 5) is 33.3. The lowest BCUT2D eigenvalue weighted by atomic mass is 10.1. The van der Waals surface area contributed by atoms with Gasteiger partial charge in [0.1, 0.15) is 0 Å². The first kappa shape index (κ1) is 16.8. The summed E-state index contributed by atoms with van der Waals surface area (Å²) in [6, 6.07) is 5.72. The Bertz CT molecular complexity index is 951. The number of halogens is 1. The average molecular weight is 417 g/mol. The summed E-state index contributed by atoms with van der Waals surface area (Å²) in [6.45, 7) is 0.843. The maximum absolute atomic E-state index is 12.4. The van der Waals surface area contributed by atoms with Crippen molar-refractivity contribution in [1.29, 1.82) is 0 Å². The molecule has 3 heterocycles. The number of rotatable bonds is 5. The molecule has 1 aliphatic heterocycles. The number of amides is 2. The molecular weight excluding hydrogens is 400 g/mol. The van der Waals surface area contributed by atoms with E-state index in [4.69, 9.17) is 0 Å². The minimum Gasteiger partial charge on any atom is -0.355 e. The summed E-state index contributed by atoms with van der Waals surface area (Å²) in [7, 11) is 0. The average Bonchev–Trinajstić information content (AvgIpc) is 3.34. The highest BCUT2D eigenvalue weighted by molar-refractivity contribution is 9.10. The van der Waals surface area contributed by atoms with Crippen molar-refractivity contribution in [2.75, 3.05) is 18.0 Å². The predicted molar refractivity (Wildman–Crippen MR) is 99.6 cm³/mol. The number of benzene rings is 1. The van der Waals surface area contributed by atoms with E-state index in [1.807, 2.05) is 18.2 Å². The van der Waals surface area contributed by atoms with Crippen LogP contribution in [0.1, 0.15) is 12.1 Å². The Morgan fingerprint density at radius 2 is 2.31 bits per heavy atom. The van der Waals surface area contributed by atoms with Crippen LogP contribution in [0.2, 0.25) is 0 Å². The van der Waals surface area contributed by atoms with Crippen molar-refractivity contribution < 1.29 is 9.59 Å². The van der Waals surface area contributed by atoms with Gasteiger partial charge in [-0.3, -0.25) is 19.6 Å². The summed E-state index contributed by atoms with van der Waals surface area (Å²) in [5, 5.41) is 11.0. The van der Waals surface area contributed by atoms with Crippen molar-refractivity contribution in [3.8, 4) is 0 Å². The number of aromatic nitrogens is 4. The molecule has 4 rings (SSSR count). The van der Waals surface area contributed by atoms with Crippen molar-refractivity contribution in [1.82, 2.24) is 25.5 Å². The van der Waals surface area contributed by atoms with Gasteiger partial charge < -0.3 is 10.3 Å². The summed E-state index contributed by atoms with van der Waals surface area (Å²) in [5.74, 6) is 0.00899. The first-order chi connectivity index (χ1) is 12.6. The third-order valence-electron chi connectivity index (χ3n) is 4.50. The molecule has 1 fully saturated rings. The number of anilines is 1. The summed E-state index contributed by atoms with van der Waals surface area (Å²) < 4.78 is 0.933. The number of aromatic amines is 2. The number of nitrogens with one attached hydrogen (secondary N) is 3. The summed E-state index contributed by atoms with van der Waals surface area (Å²) in [5.41, 5.74) is 1.80. The molecule has 3 aromatic rings. The minimum absolute atomic E-state index is 0.0879. The molecule has 2 amide bonds. The van der Waals surface area contributed by atoms with Crippen molar-refractivity contribution in [2.45, 2.75) is 12.8 Å². The Kier molecular flexibility index (Phi) is 4.46. The van der Waals surface area contributed by atoms with Gasteiger partial charge >= 0.3 is 0 Å². The highest BCUT2D eigenvalue weighted by Crippen LogP contribution is 2.31. The molecule has 1 saturated heterocycles. The molecule has 0 spiro atoms. The molecule has 134 valence electrons. The first-order valence-electron chi connectivity index (χ1n) is 8.31. The van der Waals surface area contributed by atoms with E-state index in [2.05, 4.69) is 41.4 Å². The van der Waals surface area contributed by atoms with Gasteiger partial charge in [0.25, 0.3) is 0 Å². The van der Waals surface area contributed by atoms with Gasteiger partial charge in [0.05, 0.1) is 17.8 Å². The molecule has 0 bridgehead atoms. The number of carbonyl (C=O) groups excluding carboxylic acids is 2. The van der Waals surface area contributed by atoms with E-state index in [0.717, 1.165) is 21.1 Å². The van der Waals surface area contributed by atoms with Crippen molar-refractivity contribution in [3.63, 3.8) is 0 Å².